The first kappa shape index (κ1) is 19.7. The molecule has 4 rings (SSSR count). The maximum Gasteiger partial charge on any atom is 0.238 e. The maximum atomic E-state index is 11.6. The molecule has 9 heteroatoms. The quantitative estimate of drug-likeness (QED) is 0.446. The normalized spacial score (nSPS) is 11.9. The monoisotopic (exact) mass is 428 g/mol. The van der Waals surface area contributed by atoms with Crippen molar-refractivity contribution in [3.05, 3.63) is 60.6 Å². The lowest BCUT2D eigenvalue weighted by molar-refractivity contribution is 0.529. The van der Waals surface area contributed by atoms with Gasteiger partial charge in [0.1, 0.15) is 0 Å². The van der Waals surface area contributed by atoms with Gasteiger partial charge in [-0.05, 0) is 24.6 Å². The molecule has 0 bridgehead atoms. The Bertz CT molecular complexity index is 1250. The predicted molar refractivity (Wildman–Crippen MR) is 113 cm³/mol. The minimum atomic E-state index is -3.77. The summed E-state index contributed by atoms with van der Waals surface area (Å²) in [4.78, 5) is 9.04. The number of imidazole rings is 1. The minimum Gasteiger partial charge on any atom is -0.440 e. The van der Waals surface area contributed by atoms with E-state index >= 15 is 0 Å². The average molecular weight is 429 g/mol. The lowest BCUT2D eigenvalue weighted by atomic mass is 10.2. The highest BCUT2D eigenvalue weighted by molar-refractivity contribution is 7.98. The minimum absolute atomic E-state index is 0.0582. The molecule has 2 aromatic heterocycles. The molecule has 29 heavy (non-hydrogen) atoms. The predicted octanol–water partition coefficient (Wildman–Crippen LogP) is 4.04. The van der Waals surface area contributed by atoms with E-state index in [9.17, 15) is 8.42 Å². The summed E-state index contributed by atoms with van der Waals surface area (Å²) in [7, 11) is -3.77. The Morgan fingerprint density at radius 2 is 1.97 bits per heavy atom. The second-order valence-corrected chi connectivity index (χ2v) is 9.02. The largest absolute Gasteiger partial charge is 0.440 e. The van der Waals surface area contributed by atoms with Gasteiger partial charge in [0, 0.05) is 12.1 Å². The molecular weight excluding hydrogens is 408 g/mol. The summed E-state index contributed by atoms with van der Waals surface area (Å²) in [5.74, 6) is 1.84. The van der Waals surface area contributed by atoms with Crippen LogP contribution in [-0.4, -0.2) is 23.0 Å². The summed E-state index contributed by atoms with van der Waals surface area (Å²) in [5, 5.41) is 6.03. The molecule has 0 unspecified atom stereocenters. The molecule has 2 N–H and O–H groups in total. The fourth-order valence-electron chi connectivity index (χ4n) is 3.05. The number of hydrogen-bond donors (Lipinski definition) is 1. The Kier molecular flexibility index (Phi) is 5.44. The number of nitrogens with two attached hydrogens (primary N) is 1. The molecule has 2 aromatic carbocycles. The Balaban J connectivity index is 1.60. The number of fused-ring (bicyclic) bond motifs is 1. The molecule has 0 radical (unpaired) electrons. The van der Waals surface area contributed by atoms with Gasteiger partial charge in [0.2, 0.25) is 15.9 Å². The van der Waals surface area contributed by atoms with E-state index in [1.165, 1.54) is 23.9 Å². The van der Waals surface area contributed by atoms with Gasteiger partial charge in [0.15, 0.2) is 10.9 Å². The number of sulfonamides is 1. The maximum absolute atomic E-state index is 11.6. The highest BCUT2D eigenvalue weighted by atomic mass is 32.2. The third-order valence-corrected chi connectivity index (χ3v) is 6.27. The third-order valence-electron chi connectivity index (χ3n) is 4.40. The van der Waals surface area contributed by atoms with Gasteiger partial charge in [0.25, 0.3) is 0 Å². The molecule has 0 amide bonds. The van der Waals surface area contributed by atoms with Gasteiger partial charge in [-0.15, -0.1) is 0 Å². The van der Waals surface area contributed by atoms with Crippen LogP contribution in [-0.2, 0) is 22.3 Å². The van der Waals surface area contributed by atoms with E-state index < -0.39 is 10.0 Å². The van der Waals surface area contributed by atoms with Crippen molar-refractivity contribution in [2.45, 2.75) is 35.7 Å². The molecule has 0 aliphatic heterocycles. The Labute approximate surface area is 173 Å². The number of nitrogens with zero attached hydrogens (tertiary/aromatic N) is 3. The SMILES string of the molecule is CCCn1c(SCc2ncc(-c3ccccc3)o2)nc2cc(S(N)(=O)=O)ccc21. The standard InChI is InChI=1S/C20H20N4O3S2/c1-2-10-24-17-9-8-15(29(21,25)26)11-16(17)23-20(24)28-13-19-22-12-18(27-19)14-6-4-3-5-7-14/h3-9,11-12H,2,10,13H2,1H3,(H2,21,25,26). The van der Waals surface area contributed by atoms with E-state index in [0.29, 0.717) is 17.2 Å². The number of aryl methyl sites for hydroxylation is 1. The molecular formula is C20H20N4O3S2. The number of benzene rings is 2. The van der Waals surface area contributed by atoms with Gasteiger partial charge in [-0.3, -0.25) is 0 Å². The van der Waals surface area contributed by atoms with Crippen molar-refractivity contribution < 1.29 is 12.8 Å². The fourth-order valence-corrected chi connectivity index (χ4v) is 4.48. The van der Waals surface area contributed by atoms with Gasteiger partial charge >= 0.3 is 0 Å². The summed E-state index contributed by atoms with van der Waals surface area (Å²) < 4.78 is 31.2. The summed E-state index contributed by atoms with van der Waals surface area (Å²) in [6.07, 6.45) is 2.64. The van der Waals surface area contributed by atoms with Crippen LogP contribution in [0.2, 0.25) is 0 Å². The van der Waals surface area contributed by atoms with Crippen molar-refractivity contribution in [1.82, 2.24) is 14.5 Å². The summed E-state index contributed by atoms with van der Waals surface area (Å²) in [6, 6.07) is 14.6. The van der Waals surface area contributed by atoms with Crippen LogP contribution in [0.25, 0.3) is 22.4 Å². The van der Waals surface area contributed by atoms with E-state index in [1.54, 1.807) is 12.3 Å². The molecule has 0 spiro atoms. The summed E-state index contributed by atoms with van der Waals surface area (Å²) >= 11 is 1.50. The molecule has 150 valence electrons. The fraction of sp³-hybridized carbons (Fsp3) is 0.200. The third kappa shape index (κ3) is 4.21. The molecule has 0 saturated heterocycles. The van der Waals surface area contributed by atoms with Crippen molar-refractivity contribution in [3.63, 3.8) is 0 Å². The average Bonchev–Trinajstić information content (AvgIpc) is 3.31. The van der Waals surface area contributed by atoms with Crippen LogP contribution in [0, 0.1) is 0 Å². The number of thioether (sulfide) groups is 1. The molecule has 0 saturated carbocycles. The Hall–Kier alpha value is -2.62. The molecule has 2 heterocycles. The first-order valence-corrected chi connectivity index (χ1v) is 11.6. The van der Waals surface area contributed by atoms with Crippen molar-refractivity contribution >= 4 is 32.8 Å². The Morgan fingerprint density at radius 1 is 1.17 bits per heavy atom. The molecule has 0 aliphatic carbocycles. The van der Waals surface area contributed by atoms with E-state index in [4.69, 9.17) is 9.56 Å². The first-order chi connectivity index (χ1) is 14.0. The van der Waals surface area contributed by atoms with Crippen LogP contribution in [0.3, 0.4) is 0 Å². The van der Waals surface area contributed by atoms with E-state index in [0.717, 1.165) is 35.0 Å². The summed E-state index contributed by atoms with van der Waals surface area (Å²) in [5.41, 5.74) is 2.45. The van der Waals surface area contributed by atoms with Crippen molar-refractivity contribution in [1.29, 1.82) is 0 Å². The summed E-state index contributed by atoms with van der Waals surface area (Å²) in [6.45, 7) is 2.85. The van der Waals surface area contributed by atoms with Gasteiger partial charge in [-0.25, -0.2) is 23.5 Å². The van der Waals surface area contributed by atoms with Gasteiger partial charge in [0.05, 0.1) is 27.9 Å². The van der Waals surface area contributed by atoms with Crippen molar-refractivity contribution in [2.24, 2.45) is 5.14 Å². The number of rotatable bonds is 7. The van der Waals surface area contributed by atoms with Crippen molar-refractivity contribution in [2.75, 3.05) is 0 Å². The van der Waals surface area contributed by atoms with Gasteiger partial charge < -0.3 is 8.98 Å². The molecule has 0 fully saturated rings. The smallest absolute Gasteiger partial charge is 0.238 e. The number of hydrogen-bond acceptors (Lipinski definition) is 6. The van der Waals surface area contributed by atoms with Crippen LogP contribution >= 0.6 is 11.8 Å². The molecule has 0 atom stereocenters. The lowest BCUT2D eigenvalue weighted by Crippen LogP contribution is -2.11. The van der Waals surface area contributed by atoms with Crippen LogP contribution in [0.5, 0.6) is 0 Å². The lowest BCUT2D eigenvalue weighted by Gasteiger charge is -2.06. The van der Waals surface area contributed by atoms with Crippen LogP contribution in [0.1, 0.15) is 19.2 Å². The van der Waals surface area contributed by atoms with Gasteiger partial charge in [-0.1, -0.05) is 49.0 Å². The zero-order chi connectivity index (χ0) is 20.4. The number of oxazole rings is 1. The second kappa shape index (κ2) is 8.02. The number of primary sulfonamides is 1. The van der Waals surface area contributed by atoms with Crippen LogP contribution < -0.4 is 5.14 Å². The first-order valence-electron chi connectivity index (χ1n) is 9.11. The van der Waals surface area contributed by atoms with E-state index in [1.807, 2.05) is 30.3 Å². The zero-order valence-electron chi connectivity index (χ0n) is 15.8. The van der Waals surface area contributed by atoms with Gasteiger partial charge in [-0.2, -0.15) is 0 Å². The number of aromatic nitrogens is 3. The highest BCUT2D eigenvalue weighted by Gasteiger charge is 2.16. The van der Waals surface area contributed by atoms with E-state index in [-0.39, 0.29) is 4.90 Å². The molecule has 0 aliphatic rings. The topological polar surface area (TPSA) is 104 Å². The van der Waals surface area contributed by atoms with E-state index in [2.05, 4.69) is 21.5 Å². The second-order valence-electron chi connectivity index (χ2n) is 6.51. The van der Waals surface area contributed by atoms with Crippen molar-refractivity contribution in [3.8, 4) is 11.3 Å². The Morgan fingerprint density at radius 3 is 2.69 bits per heavy atom. The van der Waals surface area contributed by atoms with Crippen LogP contribution in [0.15, 0.2) is 69.2 Å². The van der Waals surface area contributed by atoms with Crippen LogP contribution in [0.4, 0.5) is 0 Å². The molecule has 4 aromatic rings. The zero-order valence-corrected chi connectivity index (χ0v) is 17.4. The molecule has 7 nitrogen and oxygen atoms in total. The highest BCUT2D eigenvalue weighted by Crippen LogP contribution is 2.29.